The fourth-order valence-corrected chi connectivity index (χ4v) is 2.92. The number of carbonyl (C=O) groups excluding carboxylic acids is 1. The monoisotopic (exact) mass is 315 g/mol. The molecule has 23 heavy (non-hydrogen) atoms. The zero-order chi connectivity index (χ0) is 16.4. The Morgan fingerprint density at radius 3 is 2.78 bits per heavy atom. The molecule has 0 radical (unpaired) electrons. The van der Waals surface area contributed by atoms with Gasteiger partial charge < -0.3 is 10.0 Å². The van der Waals surface area contributed by atoms with Crippen LogP contribution in [0.3, 0.4) is 0 Å². The first-order valence-corrected chi connectivity index (χ1v) is 7.64. The number of halogens is 1. The molecule has 0 saturated carbocycles. The molecule has 120 valence electrons. The predicted molar refractivity (Wildman–Crippen MR) is 83.2 cm³/mol. The standard InChI is InChI=1S/C17H18FN3O2/c1-11-14(22)7-3-10-21(11)17(23)12-5-2-6-13(18)15(12)16-19-8-4-9-20-16/h2,4-6,8-9,11,14,22H,3,7,10H2,1H3/t11-,14+/m0/s1. The van der Waals surface area contributed by atoms with Gasteiger partial charge in [-0.2, -0.15) is 0 Å². The molecule has 1 aromatic heterocycles. The number of carbonyl (C=O) groups is 1. The van der Waals surface area contributed by atoms with E-state index in [-0.39, 0.29) is 28.9 Å². The van der Waals surface area contributed by atoms with Crippen LogP contribution >= 0.6 is 0 Å². The SMILES string of the molecule is C[C@H]1[C@H](O)CCCN1C(=O)c1cccc(F)c1-c1ncccn1. The molecule has 2 heterocycles. The fraction of sp³-hybridized carbons (Fsp3) is 0.353. The van der Waals surface area contributed by atoms with Crippen molar-refractivity contribution < 1.29 is 14.3 Å². The second-order valence-corrected chi connectivity index (χ2v) is 5.68. The summed E-state index contributed by atoms with van der Waals surface area (Å²) in [7, 11) is 0. The van der Waals surface area contributed by atoms with Crippen molar-refractivity contribution in [2.75, 3.05) is 6.54 Å². The largest absolute Gasteiger partial charge is 0.391 e. The summed E-state index contributed by atoms with van der Waals surface area (Å²) >= 11 is 0. The quantitative estimate of drug-likeness (QED) is 0.923. The van der Waals surface area contributed by atoms with E-state index in [1.54, 1.807) is 24.0 Å². The van der Waals surface area contributed by atoms with E-state index >= 15 is 0 Å². The Bertz CT molecular complexity index is 708. The number of likely N-dealkylation sites (tertiary alicyclic amines) is 1. The summed E-state index contributed by atoms with van der Waals surface area (Å²) in [4.78, 5) is 22.6. The van der Waals surface area contributed by atoms with Crippen molar-refractivity contribution in [1.29, 1.82) is 0 Å². The molecular formula is C17H18FN3O2. The highest BCUT2D eigenvalue weighted by Crippen LogP contribution is 2.27. The summed E-state index contributed by atoms with van der Waals surface area (Å²) in [6, 6.07) is 5.69. The highest BCUT2D eigenvalue weighted by Gasteiger charge is 2.32. The molecule has 5 nitrogen and oxygen atoms in total. The lowest BCUT2D eigenvalue weighted by atomic mass is 9.97. The van der Waals surface area contributed by atoms with Crippen LogP contribution in [0.15, 0.2) is 36.7 Å². The summed E-state index contributed by atoms with van der Waals surface area (Å²) < 4.78 is 14.3. The summed E-state index contributed by atoms with van der Waals surface area (Å²) in [5, 5.41) is 9.99. The van der Waals surface area contributed by atoms with E-state index in [4.69, 9.17) is 0 Å². The molecule has 2 aromatic rings. The molecule has 6 heteroatoms. The molecule has 0 aliphatic carbocycles. The molecule has 0 unspecified atom stereocenters. The summed E-state index contributed by atoms with van der Waals surface area (Å²) in [6.45, 7) is 2.35. The van der Waals surface area contributed by atoms with E-state index in [1.165, 1.54) is 24.5 Å². The summed E-state index contributed by atoms with van der Waals surface area (Å²) in [6.07, 6.45) is 3.86. The fourth-order valence-electron chi connectivity index (χ4n) is 2.92. The third-order valence-corrected chi connectivity index (χ3v) is 4.24. The summed E-state index contributed by atoms with van der Waals surface area (Å²) in [5.41, 5.74) is 0.322. The number of benzene rings is 1. The molecule has 1 N–H and O–H groups in total. The zero-order valence-corrected chi connectivity index (χ0v) is 12.8. The van der Waals surface area contributed by atoms with Gasteiger partial charge in [0.1, 0.15) is 5.82 Å². The maximum absolute atomic E-state index is 14.3. The van der Waals surface area contributed by atoms with Crippen molar-refractivity contribution in [3.8, 4) is 11.4 Å². The number of aliphatic hydroxyl groups is 1. The second-order valence-electron chi connectivity index (χ2n) is 5.68. The maximum Gasteiger partial charge on any atom is 0.255 e. The molecule has 0 bridgehead atoms. The lowest BCUT2D eigenvalue weighted by molar-refractivity contribution is 0.0181. The van der Waals surface area contributed by atoms with Gasteiger partial charge in [-0.05, 0) is 38.0 Å². The average Bonchev–Trinajstić information content (AvgIpc) is 2.57. The van der Waals surface area contributed by atoms with Crippen LogP contribution < -0.4 is 0 Å². The van der Waals surface area contributed by atoms with E-state index < -0.39 is 11.9 Å². The van der Waals surface area contributed by atoms with Crippen LogP contribution in [0.25, 0.3) is 11.4 Å². The second kappa shape index (κ2) is 6.42. The van der Waals surface area contributed by atoms with Crippen molar-refractivity contribution >= 4 is 5.91 Å². The van der Waals surface area contributed by atoms with Gasteiger partial charge in [0.2, 0.25) is 0 Å². The van der Waals surface area contributed by atoms with Gasteiger partial charge >= 0.3 is 0 Å². The molecule has 1 aromatic carbocycles. The van der Waals surface area contributed by atoms with Crippen LogP contribution in [0.1, 0.15) is 30.1 Å². The number of aromatic nitrogens is 2. The van der Waals surface area contributed by atoms with Crippen LogP contribution in [-0.2, 0) is 0 Å². The van der Waals surface area contributed by atoms with Crippen LogP contribution in [0.4, 0.5) is 4.39 Å². The van der Waals surface area contributed by atoms with E-state index in [9.17, 15) is 14.3 Å². The number of aliphatic hydroxyl groups excluding tert-OH is 1. The molecule has 0 spiro atoms. The molecule has 1 aliphatic rings. The normalized spacial score (nSPS) is 21.3. The number of rotatable bonds is 2. The van der Waals surface area contributed by atoms with Gasteiger partial charge in [-0.25, -0.2) is 14.4 Å². The van der Waals surface area contributed by atoms with Crippen LogP contribution in [0.2, 0.25) is 0 Å². The minimum atomic E-state index is -0.558. The Morgan fingerprint density at radius 2 is 2.04 bits per heavy atom. The van der Waals surface area contributed by atoms with E-state index in [0.717, 1.165) is 6.42 Å². The minimum absolute atomic E-state index is 0.102. The number of amides is 1. The number of piperidine rings is 1. The first-order chi connectivity index (χ1) is 11.1. The first kappa shape index (κ1) is 15.6. The van der Waals surface area contributed by atoms with Crippen molar-refractivity contribution in [2.45, 2.75) is 31.9 Å². The number of hydrogen-bond acceptors (Lipinski definition) is 4. The number of nitrogens with zero attached hydrogens (tertiary/aromatic N) is 3. The maximum atomic E-state index is 14.3. The molecule has 1 amide bonds. The van der Waals surface area contributed by atoms with E-state index in [0.29, 0.717) is 13.0 Å². The van der Waals surface area contributed by atoms with Gasteiger partial charge in [0.25, 0.3) is 5.91 Å². The highest BCUT2D eigenvalue weighted by atomic mass is 19.1. The molecule has 3 rings (SSSR count). The molecule has 1 aliphatic heterocycles. The van der Waals surface area contributed by atoms with E-state index in [2.05, 4.69) is 9.97 Å². The van der Waals surface area contributed by atoms with Gasteiger partial charge in [-0.1, -0.05) is 6.07 Å². The molecule has 2 atom stereocenters. The van der Waals surface area contributed by atoms with Gasteiger partial charge in [-0.15, -0.1) is 0 Å². The van der Waals surface area contributed by atoms with Gasteiger partial charge in [-0.3, -0.25) is 4.79 Å². The molecule has 1 fully saturated rings. The third kappa shape index (κ3) is 2.94. The molecule has 1 saturated heterocycles. The smallest absolute Gasteiger partial charge is 0.255 e. The lowest BCUT2D eigenvalue weighted by Gasteiger charge is -2.37. The highest BCUT2D eigenvalue weighted by molar-refractivity contribution is 6.00. The van der Waals surface area contributed by atoms with Crippen LogP contribution in [0, 0.1) is 5.82 Å². The lowest BCUT2D eigenvalue weighted by Crippen LogP contribution is -2.49. The average molecular weight is 315 g/mol. The predicted octanol–water partition coefficient (Wildman–Crippen LogP) is 2.27. The van der Waals surface area contributed by atoms with Gasteiger partial charge in [0.05, 0.1) is 23.3 Å². The van der Waals surface area contributed by atoms with Crippen molar-refractivity contribution in [3.63, 3.8) is 0 Å². The third-order valence-electron chi connectivity index (χ3n) is 4.24. The summed E-state index contributed by atoms with van der Waals surface area (Å²) in [5.74, 6) is -0.662. The Kier molecular flexibility index (Phi) is 4.34. The van der Waals surface area contributed by atoms with Gasteiger partial charge in [0, 0.05) is 18.9 Å². The minimum Gasteiger partial charge on any atom is -0.391 e. The van der Waals surface area contributed by atoms with Crippen molar-refractivity contribution in [1.82, 2.24) is 14.9 Å². The van der Waals surface area contributed by atoms with Crippen molar-refractivity contribution in [3.05, 3.63) is 48.0 Å². The number of hydrogen-bond donors (Lipinski definition) is 1. The van der Waals surface area contributed by atoms with E-state index in [1.807, 2.05) is 0 Å². The Balaban J connectivity index is 2.03. The molecular weight excluding hydrogens is 297 g/mol. The van der Waals surface area contributed by atoms with Crippen molar-refractivity contribution in [2.24, 2.45) is 0 Å². The first-order valence-electron chi connectivity index (χ1n) is 7.64. The zero-order valence-electron chi connectivity index (χ0n) is 12.8. The Hall–Kier alpha value is -2.34. The van der Waals surface area contributed by atoms with Crippen LogP contribution in [-0.4, -0.2) is 44.6 Å². The van der Waals surface area contributed by atoms with Gasteiger partial charge in [0.15, 0.2) is 5.82 Å². The Labute approximate surface area is 133 Å². The topological polar surface area (TPSA) is 66.3 Å². The van der Waals surface area contributed by atoms with Crippen LogP contribution in [0.5, 0.6) is 0 Å². The Morgan fingerprint density at radius 1 is 1.30 bits per heavy atom.